The van der Waals surface area contributed by atoms with Crippen LogP contribution in [0.4, 0.5) is 0 Å². The third kappa shape index (κ3) is 4.12. The Hall–Kier alpha value is -2.07. The lowest BCUT2D eigenvalue weighted by atomic mass is 10.0. The molecule has 2 aromatic carbocycles. The lowest BCUT2D eigenvalue weighted by Gasteiger charge is -2.51. The Morgan fingerprint density at radius 2 is 1.56 bits per heavy atom. The Morgan fingerprint density at radius 3 is 2.06 bits per heavy atom. The zero-order valence-corrected chi connectivity index (χ0v) is 20.8. The lowest BCUT2D eigenvalue weighted by molar-refractivity contribution is -0.428. The van der Waals surface area contributed by atoms with E-state index in [0.29, 0.717) is 12.8 Å². The fourth-order valence-electron chi connectivity index (χ4n) is 5.38. The number of esters is 1. The SMILES string of the molecule is CC(C)(C)[Si](OC[C@@H]1O[C@@H]2O[C@H](O)[C@H]1O[C@@H]2[C@H]1CCC(=O)O1)(c1ccccc1)c1ccccc1. The standard InChI is InChI=1S/C26H32O7Si/c1-26(2,3)34(17-10-6-4-7-11-17,18-12-8-5-9-13-18)29-16-20-22-24(28)33-25(31-20)23(32-22)19-14-15-21(27)30-19/h4-13,19-20,22-25,28H,14-16H2,1-3H3/t19-,20+,22+,23-,24+,25-/m1/s1. The minimum atomic E-state index is -2.76. The molecule has 0 aromatic heterocycles. The molecule has 6 rings (SSSR count). The molecular weight excluding hydrogens is 452 g/mol. The first kappa shape index (κ1) is 23.7. The van der Waals surface area contributed by atoms with Crippen molar-refractivity contribution in [1.29, 1.82) is 0 Å². The molecule has 0 amide bonds. The van der Waals surface area contributed by atoms with E-state index in [1.165, 1.54) is 10.4 Å². The number of rotatable bonds is 6. The molecular formula is C26H32O7Si. The van der Waals surface area contributed by atoms with Crippen LogP contribution in [0.5, 0.6) is 0 Å². The molecule has 4 saturated heterocycles. The van der Waals surface area contributed by atoms with Crippen LogP contribution in [0.1, 0.15) is 33.6 Å². The van der Waals surface area contributed by atoms with Gasteiger partial charge in [-0.3, -0.25) is 4.79 Å². The number of hydrogen-bond acceptors (Lipinski definition) is 7. The summed E-state index contributed by atoms with van der Waals surface area (Å²) in [7, 11) is -2.76. The fraction of sp³-hybridized carbons (Fsp3) is 0.500. The summed E-state index contributed by atoms with van der Waals surface area (Å²) in [5.41, 5.74) is 0. The Bertz CT molecular complexity index is 954. The van der Waals surface area contributed by atoms with Crippen molar-refractivity contribution < 1.29 is 33.3 Å². The summed E-state index contributed by atoms with van der Waals surface area (Å²) in [6, 6.07) is 20.7. The molecule has 2 aromatic rings. The van der Waals surface area contributed by atoms with E-state index in [9.17, 15) is 9.90 Å². The van der Waals surface area contributed by atoms with Gasteiger partial charge in [0.15, 0.2) is 12.6 Å². The van der Waals surface area contributed by atoms with Crippen molar-refractivity contribution in [3.05, 3.63) is 60.7 Å². The van der Waals surface area contributed by atoms with Crippen LogP contribution in [0.3, 0.4) is 0 Å². The molecule has 2 bridgehead atoms. The zero-order valence-electron chi connectivity index (χ0n) is 19.8. The van der Waals surface area contributed by atoms with Gasteiger partial charge in [-0.05, 0) is 21.8 Å². The molecule has 0 saturated carbocycles. The molecule has 6 atom stereocenters. The van der Waals surface area contributed by atoms with Gasteiger partial charge in [0.1, 0.15) is 24.4 Å². The fourth-order valence-corrected chi connectivity index (χ4v) is 9.95. The summed E-state index contributed by atoms with van der Waals surface area (Å²) in [5, 5.41) is 12.7. The van der Waals surface area contributed by atoms with Crippen LogP contribution in [0.15, 0.2) is 60.7 Å². The predicted molar refractivity (Wildman–Crippen MR) is 127 cm³/mol. The quantitative estimate of drug-likeness (QED) is 0.497. The molecule has 7 nitrogen and oxygen atoms in total. The highest BCUT2D eigenvalue weighted by atomic mass is 28.4. The van der Waals surface area contributed by atoms with Crippen LogP contribution in [0.2, 0.25) is 5.04 Å². The number of aliphatic hydroxyl groups is 1. The number of carbonyl (C=O) groups is 1. The Balaban J connectivity index is 1.42. The number of carbonyl (C=O) groups excluding carboxylic acids is 1. The van der Waals surface area contributed by atoms with Crippen LogP contribution < -0.4 is 10.4 Å². The van der Waals surface area contributed by atoms with Gasteiger partial charge in [0.2, 0.25) is 0 Å². The number of benzene rings is 2. The summed E-state index contributed by atoms with van der Waals surface area (Å²) < 4.78 is 30.3. The van der Waals surface area contributed by atoms with Gasteiger partial charge in [0.05, 0.1) is 6.61 Å². The number of ether oxygens (including phenoxy) is 4. The second kappa shape index (κ2) is 9.18. The van der Waals surface area contributed by atoms with E-state index in [1.807, 2.05) is 36.4 Å². The first-order chi connectivity index (χ1) is 16.3. The number of aliphatic hydroxyl groups excluding tert-OH is 1. The van der Waals surface area contributed by atoms with Gasteiger partial charge in [-0.15, -0.1) is 0 Å². The Morgan fingerprint density at radius 1 is 0.941 bits per heavy atom. The molecule has 0 spiro atoms. The maximum Gasteiger partial charge on any atom is 0.306 e. The van der Waals surface area contributed by atoms with Gasteiger partial charge in [-0.2, -0.15) is 0 Å². The van der Waals surface area contributed by atoms with Crippen molar-refractivity contribution >= 4 is 24.7 Å². The van der Waals surface area contributed by atoms with E-state index < -0.39 is 45.3 Å². The van der Waals surface area contributed by atoms with E-state index in [0.717, 1.165) is 0 Å². The number of hydrogen-bond donors (Lipinski definition) is 1. The average Bonchev–Trinajstić information content (AvgIpc) is 3.26. The van der Waals surface area contributed by atoms with Crippen LogP contribution in [-0.2, 0) is 28.2 Å². The van der Waals surface area contributed by atoms with E-state index in [2.05, 4.69) is 45.0 Å². The monoisotopic (exact) mass is 484 g/mol. The average molecular weight is 485 g/mol. The van der Waals surface area contributed by atoms with Crippen molar-refractivity contribution in [3.63, 3.8) is 0 Å². The first-order valence-corrected chi connectivity index (χ1v) is 13.8. The van der Waals surface area contributed by atoms with E-state index in [1.54, 1.807) is 0 Å². The van der Waals surface area contributed by atoms with Crippen LogP contribution >= 0.6 is 0 Å². The van der Waals surface area contributed by atoms with Gasteiger partial charge in [0.25, 0.3) is 8.32 Å². The predicted octanol–water partition coefficient (Wildman–Crippen LogP) is 2.10. The molecule has 0 aliphatic carbocycles. The largest absolute Gasteiger partial charge is 0.459 e. The van der Waals surface area contributed by atoms with Gasteiger partial charge < -0.3 is 28.5 Å². The van der Waals surface area contributed by atoms with Gasteiger partial charge >= 0.3 is 5.97 Å². The summed E-state index contributed by atoms with van der Waals surface area (Å²) in [4.78, 5) is 11.6. The van der Waals surface area contributed by atoms with Gasteiger partial charge in [-0.1, -0.05) is 81.4 Å². The molecule has 8 heteroatoms. The highest BCUT2D eigenvalue weighted by Gasteiger charge is 2.56. The summed E-state index contributed by atoms with van der Waals surface area (Å²) >= 11 is 0. The van der Waals surface area contributed by atoms with Crippen molar-refractivity contribution in [1.82, 2.24) is 0 Å². The molecule has 1 N–H and O–H groups in total. The van der Waals surface area contributed by atoms with Gasteiger partial charge in [0, 0.05) is 6.42 Å². The zero-order chi connectivity index (χ0) is 23.9. The molecule has 0 unspecified atom stereocenters. The van der Waals surface area contributed by atoms with Crippen molar-refractivity contribution in [3.8, 4) is 0 Å². The van der Waals surface area contributed by atoms with Crippen molar-refractivity contribution in [2.45, 2.75) is 75.6 Å². The third-order valence-corrected chi connectivity index (χ3v) is 12.0. The van der Waals surface area contributed by atoms with Crippen LogP contribution in [0, 0.1) is 0 Å². The number of fused-ring (bicyclic) bond motifs is 3. The first-order valence-electron chi connectivity index (χ1n) is 11.9. The molecule has 0 radical (unpaired) electrons. The molecule has 182 valence electrons. The molecule has 4 aliphatic rings. The van der Waals surface area contributed by atoms with E-state index in [-0.39, 0.29) is 17.6 Å². The molecule has 34 heavy (non-hydrogen) atoms. The maximum atomic E-state index is 11.6. The van der Waals surface area contributed by atoms with Crippen molar-refractivity contribution in [2.75, 3.05) is 6.61 Å². The maximum absolute atomic E-state index is 11.6. The second-order valence-corrected chi connectivity index (χ2v) is 14.5. The van der Waals surface area contributed by atoms with E-state index >= 15 is 0 Å². The summed E-state index contributed by atoms with van der Waals surface area (Å²) in [6.07, 6.45) is -3.25. The number of cyclic esters (lactones) is 1. The third-order valence-electron chi connectivity index (χ3n) is 6.98. The highest BCUT2D eigenvalue weighted by Crippen LogP contribution is 2.39. The van der Waals surface area contributed by atoms with Crippen LogP contribution in [-0.4, -0.2) is 63.0 Å². The minimum absolute atomic E-state index is 0.181. The normalized spacial score (nSPS) is 31.5. The lowest BCUT2D eigenvalue weighted by Crippen LogP contribution is -2.69. The topological polar surface area (TPSA) is 83.5 Å². The van der Waals surface area contributed by atoms with Crippen molar-refractivity contribution in [2.24, 2.45) is 0 Å². The highest BCUT2D eigenvalue weighted by molar-refractivity contribution is 6.99. The molecule has 4 fully saturated rings. The van der Waals surface area contributed by atoms with E-state index in [4.69, 9.17) is 23.4 Å². The van der Waals surface area contributed by atoms with Crippen LogP contribution in [0.25, 0.3) is 0 Å². The smallest absolute Gasteiger partial charge is 0.306 e. The molecule has 4 heterocycles. The van der Waals surface area contributed by atoms with Gasteiger partial charge in [-0.25, -0.2) is 0 Å². The summed E-state index contributed by atoms with van der Waals surface area (Å²) in [5.74, 6) is -0.248. The Kier molecular flexibility index (Phi) is 6.39. The Labute approximate surface area is 201 Å². The summed E-state index contributed by atoms with van der Waals surface area (Å²) in [6.45, 7) is 6.89. The second-order valence-electron chi connectivity index (χ2n) is 10.2. The minimum Gasteiger partial charge on any atom is -0.459 e. The molecule has 4 aliphatic heterocycles.